The van der Waals surface area contributed by atoms with Crippen molar-refractivity contribution < 1.29 is 9.53 Å². The van der Waals surface area contributed by atoms with E-state index in [1.54, 1.807) is 30.5 Å². The zero-order chi connectivity index (χ0) is 16.8. The first kappa shape index (κ1) is 18.0. The lowest BCUT2D eigenvalue weighted by Gasteiger charge is -2.09. The number of carbonyl (C=O) groups is 1. The van der Waals surface area contributed by atoms with Crippen LogP contribution in [0.2, 0.25) is 5.02 Å². The molecule has 0 aromatic heterocycles. The molecule has 0 fully saturated rings. The van der Waals surface area contributed by atoms with Crippen molar-refractivity contribution in [2.75, 3.05) is 6.61 Å². The summed E-state index contributed by atoms with van der Waals surface area (Å²) < 4.78 is 7.12. The number of nitrogens with one attached hydrogen (secondary N) is 1. The Bertz CT molecular complexity index is 710. The summed E-state index contributed by atoms with van der Waals surface area (Å²) in [4.78, 5) is 11.9. The van der Waals surface area contributed by atoms with E-state index < -0.39 is 0 Å². The number of amides is 1. The third-order valence-electron chi connectivity index (χ3n) is 2.80. The average Bonchev–Trinajstić information content (AvgIpc) is 2.51. The van der Waals surface area contributed by atoms with Crippen LogP contribution in [0.3, 0.4) is 0 Å². The second-order valence-corrected chi connectivity index (χ2v) is 6.60. The molecule has 2 rings (SSSR count). The summed E-state index contributed by atoms with van der Waals surface area (Å²) in [6.07, 6.45) is 1.55. The topological polar surface area (TPSA) is 50.7 Å². The van der Waals surface area contributed by atoms with Crippen LogP contribution in [0.15, 0.2) is 50.4 Å². The smallest absolute Gasteiger partial charge is 0.271 e. The van der Waals surface area contributed by atoms with Crippen molar-refractivity contribution in [2.45, 2.75) is 6.92 Å². The minimum atomic E-state index is -0.304. The summed E-state index contributed by atoms with van der Waals surface area (Å²) >= 11 is 12.7. The van der Waals surface area contributed by atoms with Crippen LogP contribution in [0, 0.1) is 0 Å². The molecule has 0 spiro atoms. The number of halogens is 3. The molecule has 1 amide bonds. The van der Waals surface area contributed by atoms with E-state index in [1.807, 2.05) is 19.1 Å². The van der Waals surface area contributed by atoms with Crippen molar-refractivity contribution in [3.8, 4) is 5.75 Å². The number of hydrogen-bond acceptors (Lipinski definition) is 3. The van der Waals surface area contributed by atoms with Crippen molar-refractivity contribution in [3.05, 3.63) is 61.5 Å². The fourth-order valence-corrected chi connectivity index (χ4v) is 3.34. The molecular formula is C16H13Br2ClN2O2. The van der Waals surface area contributed by atoms with Crippen molar-refractivity contribution in [2.24, 2.45) is 5.10 Å². The number of hydrazone groups is 1. The van der Waals surface area contributed by atoms with Crippen molar-refractivity contribution >= 4 is 55.6 Å². The zero-order valence-electron chi connectivity index (χ0n) is 12.1. The van der Waals surface area contributed by atoms with Gasteiger partial charge in [0, 0.05) is 10.6 Å². The highest BCUT2D eigenvalue weighted by atomic mass is 79.9. The zero-order valence-corrected chi connectivity index (χ0v) is 16.1. The lowest BCUT2D eigenvalue weighted by molar-refractivity contribution is 0.0955. The lowest BCUT2D eigenvalue weighted by Crippen LogP contribution is -2.17. The van der Waals surface area contributed by atoms with Gasteiger partial charge in [-0.1, -0.05) is 11.6 Å². The monoisotopic (exact) mass is 458 g/mol. The van der Waals surface area contributed by atoms with E-state index in [-0.39, 0.29) is 5.91 Å². The van der Waals surface area contributed by atoms with Gasteiger partial charge in [0.2, 0.25) is 0 Å². The van der Waals surface area contributed by atoms with Gasteiger partial charge in [-0.15, -0.1) is 0 Å². The summed E-state index contributed by atoms with van der Waals surface area (Å²) in [5.41, 5.74) is 3.77. The molecule has 2 aromatic rings. The standard InChI is InChI=1S/C16H13Br2ClN2O2/c1-2-23-15-13(17)7-10(8-14(15)18)9-20-21-16(22)11-3-5-12(19)6-4-11/h3-9H,2H2,1H3,(H,21,22)/b20-9-. The molecule has 120 valence electrons. The van der Waals surface area contributed by atoms with E-state index in [4.69, 9.17) is 16.3 Å². The van der Waals surface area contributed by atoms with E-state index in [2.05, 4.69) is 42.4 Å². The molecule has 0 bridgehead atoms. The van der Waals surface area contributed by atoms with Gasteiger partial charge in [-0.2, -0.15) is 5.10 Å². The quantitative estimate of drug-likeness (QED) is 0.503. The van der Waals surface area contributed by atoms with Gasteiger partial charge < -0.3 is 4.74 Å². The molecule has 2 aromatic carbocycles. The van der Waals surface area contributed by atoms with Gasteiger partial charge in [0.1, 0.15) is 5.75 Å². The molecule has 1 N–H and O–H groups in total. The van der Waals surface area contributed by atoms with Crippen LogP contribution in [0.5, 0.6) is 5.75 Å². The predicted octanol–water partition coefficient (Wildman–Crippen LogP) is 5.03. The van der Waals surface area contributed by atoms with Crippen LogP contribution >= 0.6 is 43.5 Å². The molecule has 0 atom stereocenters. The van der Waals surface area contributed by atoms with Gasteiger partial charge in [0.05, 0.1) is 21.8 Å². The largest absolute Gasteiger partial charge is 0.492 e. The third kappa shape index (κ3) is 5.06. The number of hydrogen-bond donors (Lipinski definition) is 1. The molecule has 0 aliphatic carbocycles. The van der Waals surface area contributed by atoms with Crippen LogP contribution < -0.4 is 10.2 Å². The van der Waals surface area contributed by atoms with Crippen molar-refractivity contribution in [3.63, 3.8) is 0 Å². The highest BCUT2D eigenvalue weighted by Crippen LogP contribution is 2.34. The van der Waals surface area contributed by atoms with Gasteiger partial charge in [-0.3, -0.25) is 4.79 Å². The maximum Gasteiger partial charge on any atom is 0.271 e. The molecule has 0 unspecified atom stereocenters. The molecule has 0 radical (unpaired) electrons. The van der Waals surface area contributed by atoms with Gasteiger partial charge >= 0.3 is 0 Å². The Morgan fingerprint density at radius 2 is 1.87 bits per heavy atom. The van der Waals surface area contributed by atoms with Crippen molar-refractivity contribution in [1.29, 1.82) is 0 Å². The number of ether oxygens (including phenoxy) is 1. The van der Waals surface area contributed by atoms with E-state index in [0.717, 1.165) is 20.3 Å². The Labute approximate surface area is 156 Å². The summed E-state index contributed by atoms with van der Waals surface area (Å²) in [5, 5.41) is 4.54. The van der Waals surface area contributed by atoms with Crippen LogP contribution in [-0.4, -0.2) is 18.7 Å². The number of rotatable bonds is 5. The Morgan fingerprint density at radius 3 is 2.43 bits per heavy atom. The second-order valence-electron chi connectivity index (χ2n) is 4.45. The van der Waals surface area contributed by atoms with Gasteiger partial charge in [0.25, 0.3) is 5.91 Å². The Kier molecular flexibility index (Phi) is 6.62. The lowest BCUT2D eigenvalue weighted by atomic mass is 10.2. The van der Waals surface area contributed by atoms with E-state index >= 15 is 0 Å². The maximum absolute atomic E-state index is 11.9. The molecule has 7 heteroatoms. The fraction of sp³-hybridized carbons (Fsp3) is 0.125. The Morgan fingerprint density at radius 1 is 1.26 bits per heavy atom. The molecule has 0 aliphatic heterocycles. The third-order valence-corrected chi connectivity index (χ3v) is 4.23. The minimum Gasteiger partial charge on any atom is -0.492 e. The first-order valence-corrected chi connectivity index (χ1v) is 8.68. The normalized spacial score (nSPS) is 10.8. The van der Waals surface area contributed by atoms with E-state index in [1.165, 1.54) is 0 Å². The van der Waals surface area contributed by atoms with Gasteiger partial charge in [-0.05, 0) is 80.7 Å². The summed E-state index contributed by atoms with van der Waals surface area (Å²) in [6.45, 7) is 2.49. The predicted molar refractivity (Wildman–Crippen MR) is 99.5 cm³/mol. The second kappa shape index (κ2) is 8.47. The molecule has 0 saturated carbocycles. The van der Waals surface area contributed by atoms with Gasteiger partial charge in [0.15, 0.2) is 0 Å². The van der Waals surface area contributed by atoms with Crippen LogP contribution in [0.4, 0.5) is 0 Å². The summed E-state index contributed by atoms with van der Waals surface area (Å²) in [6, 6.07) is 10.3. The summed E-state index contributed by atoms with van der Waals surface area (Å²) in [7, 11) is 0. The first-order valence-electron chi connectivity index (χ1n) is 6.72. The fourth-order valence-electron chi connectivity index (χ4n) is 1.77. The number of carbonyl (C=O) groups excluding carboxylic acids is 1. The highest BCUT2D eigenvalue weighted by Gasteiger charge is 2.08. The Hall–Kier alpha value is -1.37. The van der Waals surface area contributed by atoms with Crippen LogP contribution in [0.25, 0.3) is 0 Å². The van der Waals surface area contributed by atoms with Crippen LogP contribution in [-0.2, 0) is 0 Å². The average molecular weight is 461 g/mol. The number of nitrogens with zero attached hydrogens (tertiary/aromatic N) is 1. The Balaban J connectivity index is 2.05. The molecule has 23 heavy (non-hydrogen) atoms. The minimum absolute atomic E-state index is 0.304. The van der Waals surface area contributed by atoms with Crippen molar-refractivity contribution in [1.82, 2.24) is 5.43 Å². The molecule has 0 aliphatic rings. The van der Waals surface area contributed by atoms with E-state index in [0.29, 0.717) is 17.2 Å². The summed E-state index contributed by atoms with van der Waals surface area (Å²) in [5.74, 6) is 0.428. The first-order chi connectivity index (χ1) is 11.0. The van der Waals surface area contributed by atoms with Crippen LogP contribution in [0.1, 0.15) is 22.8 Å². The SMILES string of the molecule is CCOc1c(Br)cc(/C=N\NC(=O)c2ccc(Cl)cc2)cc1Br. The highest BCUT2D eigenvalue weighted by molar-refractivity contribution is 9.11. The van der Waals surface area contributed by atoms with E-state index in [9.17, 15) is 4.79 Å². The number of benzene rings is 2. The molecule has 0 heterocycles. The molecular weight excluding hydrogens is 447 g/mol. The molecule has 0 saturated heterocycles. The molecule has 4 nitrogen and oxygen atoms in total. The maximum atomic E-state index is 11.9. The van der Waals surface area contributed by atoms with Gasteiger partial charge in [-0.25, -0.2) is 5.43 Å².